The average Bonchev–Trinajstić information content (AvgIpc) is 2.58. The third kappa shape index (κ3) is 3.52. The Labute approximate surface area is 138 Å². The number of rotatable bonds is 4. The van der Waals surface area contributed by atoms with E-state index in [0.29, 0.717) is 6.04 Å². The number of hydrogen-bond acceptors (Lipinski definition) is 2. The highest BCUT2D eigenvalue weighted by Crippen LogP contribution is 2.30. The summed E-state index contributed by atoms with van der Waals surface area (Å²) >= 11 is 6.06. The molecule has 0 spiro atoms. The van der Waals surface area contributed by atoms with E-state index in [1.165, 1.54) is 11.1 Å². The zero-order chi connectivity index (χ0) is 15.4. The second-order valence-electron chi connectivity index (χ2n) is 5.74. The fraction of sp³-hybridized carbons (Fsp3) is 0.316. The summed E-state index contributed by atoms with van der Waals surface area (Å²) in [6.45, 7) is 9.19. The molecule has 0 saturated carbocycles. The Morgan fingerprint density at radius 3 is 2.05 bits per heavy atom. The maximum atomic E-state index is 6.06. The van der Waals surface area contributed by atoms with E-state index in [1.54, 1.807) is 0 Å². The van der Waals surface area contributed by atoms with Gasteiger partial charge in [-0.3, -0.25) is 4.90 Å². The van der Waals surface area contributed by atoms with Crippen molar-refractivity contribution < 1.29 is 0 Å². The second-order valence-corrected chi connectivity index (χ2v) is 6.18. The number of halogens is 1. The molecule has 1 radical (unpaired) electrons. The first-order valence-corrected chi connectivity index (χ1v) is 8.22. The molecular weight excluding hydrogens is 292 g/mol. The summed E-state index contributed by atoms with van der Waals surface area (Å²) in [5, 5.41) is 0.789. The van der Waals surface area contributed by atoms with Gasteiger partial charge in [-0.15, -0.1) is 0 Å². The van der Waals surface area contributed by atoms with Crippen molar-refractivity contribution in [2.75, 3.05) is 32.7 Å². The summed E-state index contributed by atoms with van der Waals surface area (Å²) in [6.07, 6.45) is 0. The van der Waals surface area contributed by atoms with Crippen LogP contribution in [0.4, 0.5) is 0 Å². The molecule has 22 heavy (non-hydrogen) atoms. The molecule has 115 valence electrons. The summed E-state index contributed by atoms with van der Waals surface area (Å²) in [7, 11) is 0. The lowest BCUT2D eigenvalue weighted by Crippen LogP contribution is -2.47. The Kier molecular flexibility index (Phi) is 5.14. The molecule has 0 bridgehead atoms. The van der Waals surface area contributed by atoms with E-state index in [2.05, 4.69) is 59.2 Å². The van der Waals surface area contributed by atoms with Crippen LogP contribution in [0.15, 0.2) is 54.6 Å². The van der Waals surface area contributed by atoms with Gasteiger partial charge in [0.25, 0.3) is 0 Å². The van der Waals surface area contributed by atoms with Crippen molar-refractivity contribution in [3.63, 3.8) is 0 Å². The summed E-state index contributed by atoms with van der Waals surface area (Å²) < 4.78 is 0. The number of piperazine rings is 1. The molecule has 0 amide bonds. The van der Waals surface area contributed by atoms with Gasteiger partial charge in [-0.1, -0.05) is 54.1 Å². The Hall–Kier alpha value is -1.35. The van der Waals surface area contributed by atoms with E-state index >= 15 is 0 Å². The molecule has 3 heteroatoms. The van der Waals surface area contributed by atoms with Gasteiger partial charge in [0.2, 0.25) is 0 Å². The molecule has 1 fully saturated rings. The van der Waals surface area contributed by atoms with Crippen LogP contribution < -0.4 is 0 Å². The molecule has 0 aliphatic carbocycles. The van der Waals surface area contributed by atoms with Crippen molar-refractivity contribution in [3.8, 4) is 0 Å². The minimum absolute atomic E-state index is 0.297. The van der Waals surface area contributed by atoms with Crippen molar-refractivity contribution in [3.05, 3.63) is 77.7 Å². The maximum Gasteiger partial charge on any atom is 0.0602 e. The molecule has 0 N–H and O–H groups in total. The quantitative estimate of drug-likeness (QED) is 0.845. The second kappa shape index (κ2) is 7.28. The summed E-state index contributed by atoms with van der Waals surface area (Å²) in [5.41, 5.74) is 2.64. The van der Waals surface area contributed by atoms with Gasteiger partial charge in [-0.2, -0.15) is 0 Å². The van der Waals surface area contributed by atoms with Crippen LogP contribution in [0.3, 0.4) is 0 Å². The average molecular weight is 314 g/mol. The zero-order valence-corrected chi connectivity index (χ0v) is 13.5. The molecule has 0 aromatic heterocycles. The third-order valence-corrected chi connectivity index (χ3v) is 4.64. The van der Waals surface area contributed by atoms with Crippen LogP contribution >= 0.6 is 11.6 Å². The first-order chi connectivity index (χ1) is 10.8. The van der Waals surface area contributed by atoms with Crippen LogP contribution in [0.5, 0.6) is 0 Å². The van der Waals surface area contributed by atoms with Crippen molar-refractivity contribution in [2.45, 2.75) is 6.04 Å². The molecule has 1 atom stereocenters. The van der Waals surface area contributed by atoms with E-state index in [4.69, 9.17) is 11.6 Å². The van der Waals surface area contributed by atoms with E-state index in [0.717, 1.165) is 37.7 Å². The molecule has 1 heterocycles. The van der Waals surface area contributed by atoms with Crippen LogP contribution in [-0.4, -0.2) is 42.5 Å². The van der Waals surface area contributed by atoms with Crippen molar-refractivity contribution in [1.82, 2.24) is 9.80 Å². The van der Waals surface area contributed by atoms with Gasteiger partial charge < -0.3 is 4.90 Å². The molecule has 1 aliphatic rings. The Morgan fingerprint density at radius 1 is 0.864 bits per heavy atom. The Bertz CT molecular complexity index is 574. The number of hydrogen-bond donors (Lipinski definition) is 0. The highest BCUT2D eigenvalue weighted by Gasteiger charge is 2.25. The highest BCUT2D eigenvalue weighted by molar-refractivity contribution is 6.30. The first kappa shape index (κ1) is 15.5. The highest BCUT2D eigenvalue weighted by atomic mass is 35.5. The zero-order valence-electron chi connectivity index (χ0n) is 12.8. The van der Waals surface area contributed by atoms with E-state index in [1.807, 2.05) is 12.1 Å². The predicted octanol–water partition coefficient (Wildman–Crippen LogP) is 3.88. The lowest BCUT2D eigenvalue weighted by Gasteiger charge is -2.39. The molecular formula is C19H22ClN2. The van der Waals surface area contributed by atoms with Gasteiger partial charge in [0, 0.05) is 31.2 Å². The monoisotopic (exact) mass is 313 g/mol. The number of benzene rings is 2. The lowest BCUT2D eigenvalue weighted by atomic mass is 9.96. The van der Waals surface area contributed by atoms with E-state index in [9.17, 15) is 0 Å². The van der Waals surface area contributed by atoms with Gasteiger partial charge >= 0.3 is 0 Å². The van der Waals surface area contributed by atoms with Crippen molar-refractivity contribution >= 4 is 11.6 Å². The molecule has 2 nitrogen and oxygen atoms in total. The summed E-state index contributed by atoms with van der Waals surface area (Å²) in [6, 6.07) is 19.3. The molecule has 1 unspecified atom stereocenters. The fourth-order valence-corrected chi connectivity index (χ4v) is 3.27. The number of nitrogens with zero attached hydrogens (tertiary/aromatic N) is 2. The normalized spacial score (nSPS) is 18.3. The lowest BCUT2D eigenvalue weighted by molar-refractivity contribution is 0.117. The van der Waals surface area contributed by atoms with Crippen LogP contribution in [-0.2, 0) is 0 Å². The van der Waals surface area contributed by atoms with Crippen LogP contribution in [0, 0.1) is 6.92 Å². The van der Waals surface area contributed by atoms with Gasteiger partial charge in [-0.25, -0.2) is 0 Å². The van der Waals surface area contributed by atoms with Crippen LogP contribution in [0.25, 0.3) is 0 Å². The van der Waals surface area contributed by atoms with Gasteiger partial charge in [0.1, 0.15) is 0 Å². The van der Waals surface area contributed by atoms with Gasteiger partial charge in [0.15, 0.2) is 0 Å². The molecule has 1 saturated heterocycles. The summed E-state index contributed by atoms with van der Waals surface area (Å²) in [4.78, 5) is 4.96. The third-order valence-electron chi connectivity index (χ3n) is 4.39. The molecule has 2 aromatic rings. The first-order valence-electron chi connectivity index (χ1n) is 7.84. The van der Waals surface area contributed by atoms with Crippen LogP contribution in [0.2, 0.25) is 5.02 Å². The smallest absolute Gasteiger partial charge is 0.0602 e. The van der Waals surface area contributed by atoms with Gasteiger partial charge in [0.05, 0.1) is 6.04 Å². The van der Waals surface area contributed by atoms with E-state index < -0.39 is 0 Å². The minimum Gasteiger partial charge on any atom is -0.301 e. The summed E-state index contributed by atoms with van der Waals surface area (Å²) in [5.74, 6) is 0. The molecule has 2 aromatic carbocycles. The van der Waals surface area contributed by atoms with Crippen molar-refractivity contribution in [1.29, 1.82) is 0 Å². The maximum absolute atomic E-state index is 6.06. The van der Waals surface area contributed by atoms with Crippen molar-refractivity contribution in [2.24, 2.45) is 0 Å². The SMILES string of the molecule is [CH2]CN1CCN(C(c2ccccc2)c2ccc(Cl)cc2)CC1. The predicted molar refractivity (Wildman–Crippen MR) is 93.1 cm³/mol. The Morgan fingerprint density at radius 2 is 1.45 bits per heavy atom. The molecule has 3 rings (SSSR count). The molecule has 1 aliphatic heterocycles. The topological polar surface area (TPSA) is 6.48 Å². The largest absolute Gasteiger partial charge is 0.301 e. The van der Waals surface area contributed by atoms with Crippen LogP contribution in [0.1, 0.15) is 17.2 Å². The fourth-order valence-electron chi connectivity index (χ4n) is 3.14. The van der Waals surface area contributed by atoms with E-state index in [-0.39, 0.29) is 0 Å². The standard InChI is InChI=1S/C19H22ClN2/c1-2-21-12-14-22(15-13-21)19(16-6-4-3-5-7-16)17-8-10-18(20)11-9-17/h3-11,19H,1-2,12-15H2. The van der Waals surface area contributed by atoms with Gasteiger partial charge in [-0.05, 0) is 36.7 Å². The Balaban J connectivity index is 1.88. The minimum atomic E-state index is 0.297.